The van der Waals surface area contributed by atoms with Crippen LogP contribution in [0.25, 0.3) is 11.0 Å². The normalized spacial score (nSPS) is 22.3. The summed E-state index contributed by atoms with van der Waals surface area (Å²) in [5.74, 6) is 2.41. The molecule has 4 atom stereocenters. The topological polar surface area (TPSA) is 172 Å². The number of carbonyl (C=O) groups is 5. The van der Waals surface area contributed by atoms with Crippen molar-refractivity contribution in [1.82, 2.24) is 25.1 Å². The second-order valence-electron chi connectivity index (χ2n) is 16.6. The van der Waals surface area contributed by atoms with Gasteiger partial charge in [0.1, 0.15) is 17.3 Å². The average molecular weight is 891 g/mol. The Morgan fingerprint density at radius 1 is 0.921 bits per heavy atom. The molecule has 0 radical (unpaired) electrons. The Morgan fingerprint density at radius 2 is 1.70 bits per heavy atom. The summed E-state index contributed by atoms with van der Waals surface area (Å²) in [6.45, 7) is 0.248. The van der Waals surface area contributed by atoms with Crippen molar-refractivity contribution >= 4 is 75.1 Å². The average Bonchev–Trinajstić information content (AvgIpc) is 3.82. The predicted molar refractivity (Wildman–Crippen MR) is 236 cm³/mol. The largest absolute Gasteiger partial charge is 0.351 e. The van der Waals surface area contributed by atoms with Gasteiger partial charge in [-0.2, -0.15) is 0 Å². The van der Waals surface area contributed by atoms with Gasteiger partial charge < -0.3 is 16.0 Å². The van der Waals surface area contributed by atoms with Crippen molar-refractivity contribution in [3.63, 3.8) is 0 Å². The molecule has 63 heavy (non-hydrogen) atoms. The van der Waals surface area contributed by atoms with Crippen LogP contribution in [0.4, 0.5) is 15.8 Å². The van der Waals surface area contributed by atoms with E-state index in [9.17, 15) is 28.8 Å². The van der Waals surface area contributed by atoms with Crippen LogP contribution >= 0.6 is 23.2 Å². The minimum Gasteiger partial charge on any atom is -0.351 e. The Balaban J connectivity index is 0.891. The summed E-state index contributed by atoms with van der Waals surface area (Å²) in [5, 5.41) is 15.1. The monoisotopic (exact) mass is 889 g/mol. The number of amides is 5. The summed E-state index contributed by atoms with van der Waals surface area (Å²) >= 11 is 12.8. The number of piperidine rings is 1. The molecule has 0 bridgehead atoms. The Morgan fingerprint density at radius 3 is 2.46 bits per heavy atom. The van der Waals surface area contributed by atoms with E-state index in [1.54, 1.807) is 79.8 Å². The molecular formula is C47H42Cl2FN7O6. The minimum atomic E-state index is -1.37. The number of nitrogens with one attached hydrogen (secondary N) is 5. The van der Waals surface area contributed by atoms with Crippen LogP contribution in [0, 0.1) is 17.7 Å². The van der Waals surface area contributed by atoms with Gasteiger partial charge in [0, 0.05) is 65.4 Å². The number of hydrogen-bond acceptors (Lipinski definition) is 7. The number of aryl methyl sites for hydroxylation is 1. The molecule has 4 aromatic carbocycles. The zero-order valence-corrected chi connectivity index (χ0v) is 35.6. The van der Waals surface area contributed by atoms with Crippen LogP contribution in [0.2, 0.25) is 10.0 Å². The molecule has 2 spiro atoms. The molecule has 5 amide bonds. The zero-order chi connectivity index (χ0) is 44.2. The maximum Gasteiger partial charge on any atom is 0.329 e. The van der Waals surface area contributed by atoms with Crippen molar-refractivity contribution in [2.24, 2.45) is 7.05 Å². The highest BCUT2D eigenvalue weighted by atomic mass is 35.5. The lowest BCUT2D eigenvalue weighted by Gasteiger charge is -2.47. The fourth-order valence-corrected chi connectivity index (χ4v) is 10.7. The van der Waals surface area contributed by atoms with E-state index in [4.69, 9.17) is 23.2 Å². The lowest BCUT2D eigenvalue weighted by molar-refractivity contribution is -0.135. The summed E-state index contributed by atoms with van der Waals surface area (Å²) in [4.78, 5) is 79.5. The molecule has 4 aliphatic rings. The maximum atomic E-state index is 16.2. The molecule has 1 aromatic heterocycles. The fraction of sp³-hybridized carbons (Fsp3) is 0.319. The molecule has 16 heteroatoms. The van der Waals surface area contributed by atoms with E-state index in [1.165, 1.54) is 15.2 Å². The van der Waals surface area contributed by atoms with E-state index >= 15 is 4.39 Å². The first-order valence-electron chi connectivity index (χ1n) is 20.9. The van der Waals surface area contributed by atoms with Crippen molar-refractivity contribution in [2.75, 3.05) is 17.2 Å². The number of nitrogens with zero attached hydrogens (tertiary/aromatic N) is 2. The third-order valence-electron chi connectivity index (χ3n) is 13.1. The van der Waals surface area contributed by atoms with Gasteiger partial charge in [-0.15, -0.1) is 0 Å². The predicted octanol–water partition coefficient (Wildman–Crippen LogP) is 6.22. The summed E-state index contributed by atoms with van der Waals surface area (Å²) < 4.78 is 19.1. The summed E-state index contributed by atoms with van der Waals surface area (Å²) in [6, 6.07) is 19.6. The van der Waals surface area contributed by atoms with Crippen LogP contribution < -0.4 is 32.3 Å². The second-order valence-corrected chi connectivity index (χ2v) is 17.4. The second kappa shape index (κ2) is 16.5. The van der Waals surface area contributed by atoms with Crippen molar-refractivity contribution in [2.45, 2.75) is 80.3 Å². The van der Waals surface area contributed by atoms with Gasteiger partial charge in [-0.3, -0.25) is 43.7 Å². The molecule has 3 fully saturated rings. The molecule has 5 aromatic rings. The molecule has 5 N–H and O–H groups in total. The van der Waals surface area contributed by atoms with Gasteiger partial charge >= 0.3 is 5.69 Å². The molecule has 13 nitrogen and oxygen atoms in total. The number of benzene rings is 4. The maximum absolute atomic E-state index is 16.2. The first-order valence-corrected chi connectivity index (χ1v) is 21.6. The molecular weight excluding hydrogens is 848 g/mol. The first-order chi connectivity index (χ1) is 30.3. The fourth-order valence-electron chi connectivity index (χ4n) is 10.3. The highest BCUT2D eigenvalue weighted by molar-refractivity contribution is 6.31. The van der Waals surface area contributed by atoms with Gasteiger partial charge in [-0.1, -0.05) is 72.5 Å². The standard InChI is InChI=1S/C47H42Cl2FN7O6/c1-56-36-24-26(11-18-34(36)57(45(56)63)35-19-20-37(58)54-42(35)60)8-3-6-23-51-41(59)27-12-15-29(16-13-27)52-43(61)40-38(30-9-7-10-32(49)39(30)50)47(46(55-40)21-4-2-5-22-46)31-17-14-28(48)25-33(31)53-44(47)62/h7,9-18,24-25,35,38,40,55H,2,4-6,19-23H2,1H3,(H,51,59)(H,52,61)(H,53,62)(H,54,58,60)/t35?,38-,40+,47+/m0/s1. The van der Waals surface area contributed by atoms with Crippen molar-refractivity contribution < 1.29 is 28.4 Å². The Hall–Kier alpha value is -6.27. The van der Waals surface area contributed by atoms with Crippen molar-refractivity contribution in [3.05, 3.63) is 127 Å². The van der Waals surface area contributed by atoms with Crippen LogP contribution in [0.3, 0.4) is 0 Å². The molecule has 1 unspecified atom stereocenters. The molecule has 322 valence electrons. The van der Waals surface area contributed by atoms with E-state index in [0.717, 1.165) is 19.3 Å². The highest BCUT2D eigenvalue weighted by Gasteiger charge is 2.72. The van der Waals surface area contributed by atoms with Gasteiger partial charge in [0.15, 0.2) is 0 Å². The van der Waals surface area contributed by atoms with Crippen LogP contribution in [0.5, 0.6) is 0 Å². The van der Waals surface area contributed by atoms with Crippen LogP contribution in [0.1, 0.15) is 90.4 Å². The Labute approximate surface area is 371 Å². The smallest absolute Gasteiger partial charge is 0.329 e. The van der Waals surface area contributed by atoms with Gasteiger partial charge in [0.25, 0.3) is 5.91 Å². The molecule has 4 heterocycles. The third kappa shape index (κ3) is 7.08. The minimum absolute atomic E-state index is 0.116. The van der Waals surface area contributed by atoms with Crippen LogP contribution in [-0.2, 0) is 31.6 Å². The summed E-state index contributed by atoms with van der Waals surface area (Å²) in [5.41, 5.74) is 1.26. The van der Waals surface area contributed by atoms with E-state index in [0.29, 0.717) is 63.4 Å². The van der Waals surface area contributed by atoms with E-state index in [2.05, 4.69) is 38.4 Å². The van der Waals surface area contributed by atoms with Gasteiger partial charge in [-0.05, 0) is 91.1 Å². The van der Waals surface area contributed by atoms with Gasteiger partial charge in [-0.25, -0.2) is 9.18 Å². The van der Waals surface area contributed by atoms with Crippen LogP contribution in [-0.4, -0.2) is 56.8 Å². The lowest BCUT2D eigenvalue weighted by atomic mass is 9.55. The van der Waals surface area contributed by atoms with E-state index in [-0.39, 0.29) is 53.4 Å². The molecule has 3 aliphatic heterocycles. The highest BCUT2D eigenvalue weighted by Crippen LogP contribution is 2.63. The van der Waals surface area contributed by atoms with Crippen molar-refractivity contribution in [3.8, 4) is 11.8 Å². The van der Waals surface area contributed by atoms with Gasteiger partial charge in [0.05, 0.1) is 22.1 Å². The number of halogens is 3. The quantitative estimate of drug-likeness (QED) is 0.0734. The number of fused-ring (bicyclic) bond motifs is 4. The first kappa shape index (κ1) is 42.1. The summed E-state index contributed by atoms with van der Waals surface area (Å²) in [6.07, 6.45) is 4.46. The number of imidazole rings is 1. The van der Waals surface area contributed by atoms with E-state index < -0.39 is 46.6 Å². The van der Waals surface area contributed by atoms with Crippen molar-refractivity contribution in [1.29, 1.82) is 0 Å². The molecule has 1 saturated carbocycles. The molecule has 1 aliphatic carbocycles. The number of rotatable bonds is 7. The Bertz CT molecular complexity index is 2880. The van der Waals surface area contributed by atoms with E-state index in [1.807, 2.05) is 0 Å². The summed E-state index contributed by atoms with van der Waals surface area (Å²) in [7, 11) is 1.61. The molecule has 2 saturated heterocycles. The van der Waals surface area contributed by atoms with Crippen LogP contribution in [0.15, 0.2) is 83.7 Å². The number of hydrogen-bond donors (Lipinski definition) is 5. The zero-order valence-electron chi connectivity index (χ0n) is 34.1. The SMILES string of the molecule is Cn1c(=O)n(C2CCC(=O)NC2=O)c2ccc(C#CCCNC(=O)c3ccc(NC(=O)[C@@H]4NC5(CCCCC5)[C@@]5(C(=O)Nc6cc(Cl)ccc65)[C@H]4c4cccc(Cl)c4F)cc3)cc21. The van der Waals surface area contributed by atoms with Gasteiger partial charge in [0.2, 0.25) is 23.6 Å². The number of imide groups is 1. The number of aromatic nitrogens is 2. The number of carbonyl (C=O) groups excluding carboxylic acids is 5. The third-order valence-corrected chi connectivity index (χ3v) is 13.6. The Kier molecular flexibility index (Phi) is 11.0. The number of anilines is 2. The lowest BCUT2D eigenvalue weighted by Crippen LogP contribution is -2.60. The molecule has 9 rings (SSSR count).